The average Bonchev–Trinajstić information content (AvgIpc) is 3.17. The van der Waals surface area contributed by atoms with E-state index < -0.39 is 10.0 Å². The highest BCUT2D eigenvalue weighted by Gasteiger charge is 2.20. The Morgan fingerprint density at radius 3 is 2.65 bits per heavy atom. The van der Waals surface area contributed by atoms with Gasteiger partial charge >= 0.3 is 0 Å². The molecule has 1 aromatic carbocycles. The maximum atomic E-state index is 12.0. The van der Waals surface area contributed by atoms with Gasteiger partial charge in [0.1, 0.15) is 0 Å². The Hall–Kier alpha value is -1.40. The molecule has 0 saturated heterocycles. The molecule has 0 spiro atoms. The van der Waals surface area contributed by atoms with Crippen LogP contribution in [0.4, 0.5) is 0 Å². The Balaban J connectivity index is 1.95. The summed E-state index contributed by atoms with van der Waals surface area (Å²) >= 11 is 0. The summed E-state index contributed by atoms with van der Waals surface area (Å²) < 4.78 is 22.4. The highest BCUT2D eigenvalue weighted by atomic mass is 32.2. The monoisotopic (exact) mass is 296 g/mol. The molecule has 0 bridgehead atoms. The van der Waals surface area contributed by atoms with Crippen LogP contribution in [0.2, 0.25) is 0 Å². The third-order valence-corrected chi connectivity index (χ3v) is 4.45. The van der Waals surface area contributed by atoms with Crippen LogP contribution in [-0.4, -0.2) is 20.9 Å². The number of sulfonamides is 1. The van der Waals surface area contributed by atoms with E-state index >= 15 is 0 Å². The fraction of sp³-hybridized carbons (Fsp3) is 0.500. The second kappa shape index (κ2) is 5.93. The van der Waals surface area contributed by atoms with Gasteiger partial charge in [-0.25, -0.2) is 13.6 Å². The number of benzene rings is 1. The summed E-state index contributed by atoms with van der Waals surface area (Å²) in [5, 5.41) is 7.92. The molecular formula is C14H20N2O3S. The molecule has 0 unspecified atom stereocenters. The summed E-state index contributed by atoms with van der Waals surface area (Å²) in [6.07, 6.45) is 4.80. The number of aryl methyl sites for hydroxylation is 1. The Bertz CT molecular complexity index is 607. The molecule has 0 atom stereocenters. The Morgan fingerprint density at radius 2 is 2.10 bits per heavy atom. The van der Waals surface area contributed by atoms with Gasteiger partial charge in [0.15, 0.2) is 0 Å². The van der Waals surface area contributed by atoms with Gasteiger partial charge in [-0.05, 0) is 49.4 Å². The molecule has 20 heavy (non-hydrogen) atoms. The van der Waals surface area contributed by atoms with Gasteiger partial charge in [-0.15, -0.1) is 0 Å². The standard InChI is InChI=1S/C14H20N2O3S/c1-10-9-12(20(15,18)19)6-7-13(10)14(17)16-8-2-3-11-4-5-11/h6-7,9,11H,2-5,8H2,1H3,(H,16,17)(H2,15,18,19). The van der Waals surface area contributed by atoms with Gasteiger partial charge in [-0.3, -0.25) is 4.79 Å². The van der Waals surface area contributed by atoms with E-state index in [4.69, 9.17) is 5.14 Å². The molecule has 0 aromatic heterocycles. The summed E-state index contributed by atoms with van der Waals surface area (Å²) in [7, 11) is -3.72. The van der Waals surface area contributed by atoms with Gasteiger partial charge in [0.25, 0.3) is 5.91 Å². The quantitative estimate of drug-likeness (QED) is 0.781. The first kappa shape index (κ1) is 15.0. The molecule has 110 valence electrons. The van der Waals surface area contributed by atoms with E-state index in [1.807, 2.05) is 0 Å². The van der Waals surface area contributed by atoms with Crippen LogP contribution in [0, 0.1) is 12.8 Å². The van der Waals surface area contributed by atoms with Gasteiger partial charge in [0, 0.05) is 12.1 Å². The van der Waals surface area contributed by atoms with Crippen molar-refractivity contribution in [2.75, 3.05) is 6.54 Å². The molecule has 3 N–H and O–H groups in total. The second-order valence-electron chi connectivity index (χ2n) is 5.36. The van der Waals surface area contributed by atoms with Crippen molar-refractivity contribution in [3.05, 3.63) is 29.3 Å². The van der Waals surface area contributed by atoms with Crippen LogP contribution >= 0.6 is 0 Å². The number of nitrogens with two attached hydrogens (primary N) is 1. The lowest BCUT2D eigenvalue weighted by atomic mass is 10.1. The molecule has 1 aliphatic rings. The predicted octanol–water partition coefficient (Wildman–Crippen LogP) is 1.56. The average molecular weight is 296 g/mol. The van der Waals surface area contributed by atoms with E-state index in [-0.39, 0.29) is 10.8 Å². The summed E-state index contributed by atoms with van der Waals surface area (Å²) in [5.74, 6) is 0.696. The van der Waals surface area contributed by atoms with Crippen LogP contribution in [-0.2, 0) is 10.0 Å². The fourth-order valence-electron chi connectivity index (χ4n) is 2.16. The summed E-state index contributed by atoms with van der Waals surface area (Å²) in [6, 6.07) is 4.29. The molecule has 5 nitrogen and oxygen atoms in total. The van der Waals surface area contributed by atoms with Gasteiger partial charge in [-0.2, -0.15) is 0 Å². The van der Waals surface area contributed by atoms with E-state index in [9.17, 15) is 13.2 Å². The molecule has 1 amide bonds. The molecule has 1 saturated carbocycles. The number of amides is 1. The SMILES string of the molecule is Cc1cc(S(N)(=O)=O)ccc1C(=O)NCCCC1CC1. The number of hydrogen-bond acceptors (Lipinski definition) is 3. The maximum Gasteiger partial charge on any atom is 0.251 e. The number of hydrogen-bond donors (Lipinski definition) is 2. The van der Waals surface area contributed by atoms with E-state index in [0.717, 1.165) is 12.3 Å². The van der Waals surface area contributed by atoms with Crippen molar-refractivity contribution in [1.82, 2.24) is 5.32 Å². The first-order chi connectivity index (χ1) is 9.38. The van der Waals surface area contributed by atoms with Gasteiger partial charge in [-0.1, -0.05) is 12.8 Å². The fourth-order valence-corrected chi connectivity index (χ4v) is 2.76. The van der Waals surface area contributed by atoms with Crippen molar-refractivity contribution >= 4 is 15.9 Å². The lowest BCUT2D eigenvalue weighted by molar-refractivity contribution is 0.0952. The number of primary sulfonamides is 1. The number of carbonyl (C=O) groups is 1. The zero-order valence-corrected chi connectivity index (χ0v) is 12.4. The highest BCUT2D eigenvalue weighted by molar-refractivity contribution is 7.89. The zero-order valence-electron chi connectivity index (χ0n) is 11.6. The minimum atomic E-state index is -3.72. The number of rotatable bonds is 6. The Labute approximate surface area is 119 Å². The van der Waals surface area contributed by atoms with E-state index in [1.54, 1.807) is 6.92 Å². The Morgan fingerprint density at radius 1 is 1.40 bits per heavy atom. The van der Waals surface area contributed by atoms with E-state index in [0.29, 0.717) is 17.7 Å². The zero-order chi connectivity index (χ0) is 14.8. The molecular weight excluding hydrogens is 276 g/mol. The van der Waals surface area contributed by atoms with Crippen molar-refractivity contribution < 1.29 is 13.2 Å². The molecule has 6 heteroatoms. The smallest absolute Gasteiger partial charge is 0.251 e. The van der Waals surface area contributed by atoms with Crippen molar-refractivity contribution in [3.8, 4) is 0 Å². The third kappa shape index (κ3) is 4.05. The Kier molecular flexibility index (Phi) is 4.45. The van der Waals surface area contributed by atoms with Gasteiger partial charge in [0.2, 0.25) is 10.0 Å². The number of carbonyl (C=O) groups excluding carboxylic acids is 1. The van der Waals surface area contributed by atoms with Gasteiger partial charge in [0.05, 0.1) is 4.90 Å². The highest BCUT2D eigenvalue weighted by Crippen LogP contribution is 2.33. The molecule has 1 fully saturated rings. The third-order valence-electron chi connectivity index (χ3n) is 3.54. The molecule has 0 aliphatic heterocycles. The summed E-state index contributed by atoms with van der Waals surface area (Å²) in [6.45, 7) is 2.36. The lowest BCUT2D eigenvalue weighted by Crippen LogP contribution is -2.25. The normalized spacial score (nSPS) is 15.1. The van der Waals surface area contributed by atoms with Crippen LogP contribution in [0.25, 0.3) is 0 Å². The first-order valence-corrected chi connectivity index (χ1v) is 8.34. The van der Waals surface area contributed by atoms with Crippen LogP contribution in [0.5, 0.6) is 0 Å². The molecule has 0 heterocycles. The van der Waals surface area contributed by atoms with Gasteiger partial charge < -0.3 is 5.32 Å². The van der Waals surface area contributed by atoms with Crippen LogP contribution < -0.4 is 10.5 Å². The topological polar surface area (TPSA) is 89.3 Å². The number of nitrogens with one attached hydrogen (secondary N) is 1. The van der Waals surface area contributed by atoms with Crippen LogP contribution in [0.15, 0.2) is 23.1 Å². The molecule has 1 aliphatic carbocycles. The lowest BCUT2D eigenvalue weighted by Gasteiger charge is -2.08. The summed E-state index contributed by atoms with van der Waals surface area (Å²) in [4.78, 5) is 12.0. The van der Waals surface area contributed by atoms with Crippen LogP contribution in [0.1, 0.15) is 41.6 Å². The van der Waals surface area contributed by atoms with Crippen molar-refractivity contribution in [2.45, 2.75) is 37.5 Å². The van der Waals surface area contributed by atoms with Crippen molar-refractivity contribution in [1.29, 1.82) is 0 Å². The van der Waals surface area contributed by atoms with Crippen molar-refractivity contribution in [2.24, 2.45) is 11.1 Å². The minimum absolute atomic E-state index is 0.0280. The van der Waals surface area contributed by atoms with E-state index in [1.165, 1.54) is 37.5 Å². The first-order valence-electron chi connectivity index (χ1n) is 6.79. The molecule has 0 radical (unpaired) electrons. The summed E-state index contributed by atoms with van der Waals surface area (Å²) in [5.41, 5.74) is 1.10. The van der Waals surface area contributed by atoms with E-state index in [2.05, 4.69) is 5.32 Å². The molecule has 2 rings (SSSR count). The predicted molar refractivity (Wildman–Crippen MR) is 76.8 cm³/mol. The largest absolute Gasteiger partial charge is 0.352 e. The van der Waals surface area contributed by atoms with Crippen LogP contribution in [0.3, 0.4) is 0 Å². The minimum Gasteiger partial charge on any atom is -0.352 e. The van der Waals surface area contributed by atoms with Crippen molar-refractivity contribution in [3.63, 3.8) is 0 Å². The second-order valence-corrected chi connectivity index (χ2v) is 6.92. The maximum absolute atomic E-state index is 12.0. The molecule has 1 aromatic rings.